The Kier molecular flexibility index (Phi) is 6.57. The Bertz CT molecular complexity index is 430. The van der Waals surface area contributed by atoms with Crippen LogP contribution in [0.15, 0.2) is 0 Å². The minimum atomic E-state index is -0.875. The zero-order valence-electron chi connectivity index (χ0n) is 13.1. The number of aliphatic hydroxyl groups is 2. The average molecular weight is 299 g/mol. The molecule has 0 unspecified atom stereocenters. The maximum Gasteiger partial charge on any atom is 0.323 e. The molecule has 0 aliphatic heterocycles. The molecule has 0 atom stereocenters. The van der Waals surface area contributed by atoms with E-state index in [4.69, 9.17) is 4.74 Å². The fourth-order valence-electron chi connectivity index (χ4n) is 1.59. The van der Waals surface area contributed by atoms with Gasteiger partial charge in [0.25, 0.3) is 0 Å². The lowest BCUT2D eigenvalue weighted by Crippen LogP contribution is -2.45. The molecule has 1 aromatic heterocycles. The first-order chi connectivity index (χ1) is 9.98. The van der Waals surface area contributed by atoms with Crippen LogP contribution in [0.1, 0.15) is 34.1 Å². The molecule has 0 aliphatic rings. The van der Waals surface area contributed by atoms with E-state index in [0.717, 1.165) is 0 Å². The van der Waals surface area contributed by atoms with E-state index < -0.39 is 5.54 Å². The topological polar surface area (TPSA) is 112 Å². The number of hydrogen-bond acceptors (Lipinski definition) is 8. The lowest BCUT2D eigenvalue weighted by atomic mass is 9.99. The highest BCUT2D eigenvalue weighted by Crippen LogP contribution is 2.18. The van der Waals surface area contributed by atoms with Crippen LogP contribution >= 0.6 is 0 Å². The van der Waals surface area contributed by atoms with E-state index in [1.54, 1.807) is 0 Å². The Labute approximate surface area is 125 Å². The lowest BCUT2D eigenvalue weighted by Gasteiger charge is -2.29. The summed E-state index contributed by atoms with van der Waals surface area (Å²) >= 11 is 0. The van der Waals surface area contributed by atoms with Gasteiger partial charge in [-0.3, -0.25) is 0 Å². The molecule has 0 radical (unpaired) electrons. The SMILES string of the molecule is CCNc1nc(NC(CC)(CO)CO)nc(OC(C)C)n1. The largest absolute Gasteiger partial charge is 0.461 e. The standard InChI is InChI=1S/C13H25N5O3/c1-5-13(7-19,8-20)18-11-15-10(14-6-2)16-12(17-11)21-9(3)4/h9,19-20H,5-8H2,1-4H3,(H2,14,15,16,17,18). The number of anilines is 2. The Hall–Kier alpha value is -1.67. The highest BCUT2D eigenvalue weighted by molar-refractivity contribution is 5.38. The van der Waals surface area contributed by atoms with Crippen molar-refractivity contribution in [2.75, 3.05) is 30.4 Å². The second kappa shape index (κ2) is 7.94. The Morgan fingerprint density at radius 1 is 1.10 bits per heavy atom. The summed E-state index contributed by atoms with van der Waals surface area (Å²) in [6, 6.07) is 0.194. The molecule has 8 nitrogen and oxygen atoms in total. The molecule has 0 saturated carbocycles. The summed E-state index contributed by atoms with van der Waals surface area (Å²) in [6.07, 6.45) is 0.448. The summed E-state index contributed by atoms with van der Waals surface area (Å²) < 4.78 is 5.49. The first kappa shape index (κ1) is 17.4. The summed E-state index contributed by atoms with van der Waals surface area (Å²) in [5, 5.41) is 24.9. The van der Waals surface area contributed by atoms with Gasteiger partial charge in [0, 0.05) is 6.54 Å². The van der Waals surface area contributed by atoms with Gasteiger partial charge < -0.3 is 25.6 Å². The van der Waals surface area contributed by atoms with Gasteiger partial charge in [-0.25, -0.2) is 0 Å². The fourth-order valence-corrected chi connectivity index (χ4v) is 1.59. The van der Waals surface area contributed by atoms with Crippen LogP contribution in [0.5, 0.6) is 6.01 Å². The average Bonchev–Trinajstić information content (AvgIpc) is 2.44. The quantitative estimate of drug-likeness (QED) is 0.525. The van der Waals surface area contributed by atoms with E-state index in [-0.39, 0.29) is 31.3 Å². The molecule has 0 amide bonds. The molecule has 21 heavy (non-hydrogen) atoms. The van der Waals surface area contributed by atoms with E-state index in [9.17, 15) is 10.2 Å². The van der Waals surface area contributed by atoms with Gasteiger partial charge >= 0.3 is 6.01 Å². The molecule has 1 rings (SSSR count). The highest BCUT2D eigenvalue weighted by Gasteiger charge is 2.28. The first-order valence-corrected chi connectivity index (χ1v) is 7.15. The van der Waals surface area contributed by atoms with E-state index in [0.29, 0.717) is 18.9 Å². The molecule has 0 aromatic carbocycles. The predicted octanol–water partition coefficient (Wildman–Crippen LogP) is 0.636. The van der Waals surface area contributed by atoms with Crippen LogP contribution in [-0.2, 0) is 0 Å². The second-order valence-electron chi connectivity index (χ2n) is 5.04. The lowest BCUT2D eigenvalue weighted by molar-refractivity contribution is 0.131. The van der Waals surface area contributed by atoms with Crippen molar-refractivity contribution in [3.05, 3.63) is 0 Å². The number of rotatable bonds is 9. The molecule has 0 saturated heterocycles. The van der Waals surface area contributed by atoms with Gasteiger partial charge in [0.15, 0.2) is 0 Å². The third-order valence-corrected chi connectivity index (χ3v) is 2.95. The molecule has 0 bridgehead atoms. The van der Waals surface area contributed by atoms with Crippen molar-refractivity contribution >= 4 is 11.9 Å². The van der Waals surface area contributed by atoms with Crippen molar-refractivity contribution in [3.8, 4) is 6.01 Å². The first-order valence-electron chi connectivity index (χ1n) is 7.15. The molecule has 1 aromatic rings. The van der Waals surface area contributed by atoms with Crippen molar-refractivity contribution < 1.29 is 14.9 Å². The monoisotopic (exact) mass is 299 g/mol. The summed E-state index contributed by atoms with van der Waals surface area (Å²) in [7, 11) is 0. The van der Waals surface area contributed by atoms with Crippen LogP contribution in [-0.4, -0.2) is 56.6 Å². The van der Waals surface area contributed by atoms with Crippen LogP contribution in [0.2, 0.25) is 0 Å². The Balaban J connectivity index is 3.06. The van der Waals surface area contributed by atoms with E-state index in [2.05, 4.69) is 25.6 Å². The second-order valence-corrected chi connectivity index (χ2v) is 5.04. The molecule has 0 spiro atoms. The number of aliphatic hydroxyl groups excluding tert-OH is 2. The third kappa shape index (κ3) is 4.98. The van der Waals surface area contributed by atoms with E-state index in [1.807, 2.05) is 27.7 Å². The highest BCUT2D eigenvalue weighted by atomic mass is 16.5. The molecular formula is C13H25N5O3. The predicted molar refractivity (Wildman–Crippen MR) is 80.6 cm³/mol. The smallest absolute Gasteiger partial charge is 0.323 e. The Morgan fingerprint density at radius 3 is 2.19 bits per heavy atom. The van der Waals surface area contributed by atoms with Gasteiger partial charge in [0.05, 0.1) is 24.9 Å². The summed E-state index contributed by atoms with van der Waals surface area (Å²) in [4.78, 5) is 12.5. The van der Waals surface area contributed by atoms with Crippen LogP contribution in [0.3, 0.4) is 0 Å². The number of aromatic nitrogens is 3. The van der Waals surface area contributed by atoms with Crippen molar-refractivity contribution in [1.82, 2.24) is 15.0 Å². The van der Waals surface area contributed by atoms with Crippen molar-refractivity contribution in [1.29, 1.82) is 0 Å². The van der Waals surface area contributed by atoms with Crippen LogP contribution in [0.4, 0.5) is 11.9 Å². The maximum absolute atomic E-state index is 9.48. The number of nitrogens with one attached hydrogen (secondary N) is 2. The molecule has 4 N–H and O–H groups in total. The third-order valence-electron chi connectivity index (χ3n) is 2.95. The van der Waals surface area contributed by atoms with Gasteiger partial charge in [0.1, 0.15) is 0 Å². The summed E-state index contributed by atoms with van der Waals surface area (Å²) in [5.74, 6) is 0.632. The molecular weight excluding hydrogens is 274 g/mol. The summed E-state index contributed by atoms with van der Waals surface area (Å²) in [6.45, 7) is 7.73. The molecule has 8 heteroatoms. The molecule has 120 valence electrons. The van der Waals surface area contributed by atoms with Crippen LogP contribution < -0.4 is 15.4 Å². The number of nitrogens with zero attached hydrogens (tertiary/aromatic N) is 3. The van der Waals surface area contributed by atoms with Gasteiger partial charge in [-0.2, -0.15) is 15.0 Å². The maximum atomic E-state index is 9.48. The fraction of sp³-hybridized carbons (Fsp3) is 0.769. The molecule has 0 fully saturated rings. The van der Waals surface area contributed by atoms with Gasteiger partial charge in [-0.05, 0) is 27.2 Å². The zero-order valence-corrected chi connectivity index (χ0v) is 13.1. The minimum absolute atomic E-state index is 0.0682. The van der Waals surface area contributed by atoms with E-state index >= 15 is 0 Å². The Morgan fingerprint density at radius 2 is 1.71 bits per heavy atom. The summed E-state index contributed by atoms with van der Waals surface area (Å²) in [5.41, 5.74) is -0.875. The van der Waals surface area contributed by atoms with Gasteiger partial charge in [-0.1, -0.05) is 6.92 Å². The number of hydrogen-bond donors (Lipinski definition) is 4. The zero-order chi connectivity index (χ0) is 15.9. The normalized spacial score (nSPS) is 11.6. The minimum Gasteiger partial charge on any atom is -0.461 e. The molecule has 1 heterocycles. The molecule has 0 aliphatic carbocycles. The van der Waals surface area contributed by atoms with Gasteiger partial charge in [0.2, 0.25) is 11.9 Å². The van der Waals surface area contributed by atoms with Gasteiger partial charge in [-0.15, -0.1) is 0 Å². The van der Waals surface area contributed by atoms with Crippen LogP contribution in [0.25, 0.3) is 0 Å². The van der Waals surface area contributed by atoms with Crippen molar-refractivity contribution in [3.63, 3.8) is 0 Å². The van der Waals surface area contributed by atoms with Crippen molar-refractivity contribution in [2.24, 2.45) is 0 Å². The van der Waals surface area contributed by atoms with Crippen LogP contribution in [0, 0.1) is 0 Å². The number of ether oxygens (including phenoxy) is 1. The van der Waals surface area contributed by atoms with Crippen molar-refractivity contribution in [2.45, 2.75) is 45.8 Å². The van der Waals surface area contributed by atoms with E-state index in [1.165, 1.54) is 0 Å².